The van der Waals surface area contributed by atoms with Gasteiger partial charge in [0.1, 0.15) is 6.04 Å². The molecular formula is C22H22N4O7. The van der Waals surface area contributed by atoms with Gasteiger partial charge < -0.3 is 25.6 Å². The van der Waals surface area contributed by atoms with E-state index >= 15 is 0 Å². The van der Waals surface area contributed by atoms with Gasteiger partial charge in [-0.3, -0.25) is 19.4 Å². The smallest absolute Gasteiger partial charge is 0.326 e. The summed E-state index contributed by atoms with van der Waals surface area (Å²) in [4.78, 5) is 53.1. The number of aliphatic carboxylic acids is 2. The van der Waals surface area contributed by atoms with Crippen LogP contribution in [0.5, 0.6) is 6.01 Å². The maximum absolute atomic E-state index is 12.3. The van der Waals surface area contributed by atoms with Crippen molar-refractivity contribution >= 4 is 34.4 Å². The van der Waals surface area contributed by atoms with Crippen LogP contribution in [0.1, 0.15) is 28.8 Å². The molecule has 0 aliphatic heterocycles. The number of hydrogen-bond donors (Lipinski definition) is 5. The summed E-state index contributed by atoms with van der Waals surface area (Å²) in [6, 6.07) is 10.5. The Balaban J connectivity index is 1.63. The van der Waals surface area contributed by atoms with Crippen LogP contribution in [0.2, 0.25) is 0 Å². The van der Waals surface area contributed by atoms with Crippen molar-refractivity contribution in [2.75, 3.05) is 12.4 Å². The molecule has 0 fully saturated rings. The van der Waals surface area contributed by atoms with E-state index in [1.165, 1.54) is 19.2 Å². The molecule has 2 aromatic carbocycles. The molecule has 5 N–H and O–H groups in total. The number of ether oxygens (including phenoxy) is 1. The number of nitrogens with one attached hydrogen (secondary N) is 3. The summed E-state index contributed by atoms with van der Waals surface area (Å²) in [5.41, 5.74) is 1.98. The fourth-order valence-corrected chi connectivity index (χ4v) is 3.08. The third kappa shape index (κ3) is 6.06. The number of rotatable bonds is 10. The third-order valence-corrected chi connectivity index (χ3v) is 4.84. The minimum absolute atomic E-state index is 0.138. The first-order chi connectivity index (χ1) is 15.8. The van der Waals surface area contributed by atoms with E-state index in [-0.39, 0.29) is 30.0 Å². The Labute approximate surface area is 187 Å². The molecule has 11 nitrogen and oxygen atoms in total. The lowest BCUT2D eigenvalue weighted by molar-refractivity contribution is -0.140. The first-order valence-corrected chi connectivity index (χ1v) is 9.93. The van der Waals surface area contributed by atoms with Gasteiger partial charge in [-0.1, -0.05) is 6.07 Å². The molecule has 1 amide bonds. The Hall–Kier alpha value is -4.41. The Morgan fingerprint density at radius 3 is 2.48 bits per heavy atom. The van der Waals surface area contributed by atoms with Crippen molar-refractivity contribution in [3.05, 3.63) is 63.9 Å². The van der Waals surface area contributed by atoms with E-state index < -0.39 is 23.9 Å². The number of carboxylic acids is 2. The SMILES string of the molecule is COc1nc2ccc(CNc3ccc(C(=O)NC(CCC(=O)O)C(=O)O)cc3)cc2c(=O)[nH]1. The number of carbonyl (C=O) groups is 3. The van der Waals surface area contributed by atoms with Crippen LogP contribution in [-0.2, 0) is 16.1 Å². The van der Waals surface area contributed by atoms with E-state index in [9.17, 15) is 19.2 Å². The average Bonchev–Trinajstić information content (AvgIpc) is 2.80. The van der Waals surface area contributed by atoms with Gasteiger partial charge in [-0.15, -0.1) is 0 Å². The molecule has 0 aliphatic carbocycles. The highest BCUT2D eigenvalue weighted by molar-refractivity contribution is 5.97. The van der Waals surface area contributed by atoms with Gasteiger partial charge in [0.05, 0.1) is 18.0 Å². The molecule has 11 heteroatoms. The van der Waals surface area contributed by atoms with E-state index in [2.05, 4.69) is 20.6 Å². The number of hydrogen-bond acceptors (Lipinski definition) is 7. The van der Waals surface area contributed by atoms with Crippen LogP contribution in [0, 0.1) is 0 Å². The molecule has 3 aromatic rings. The molecule has 172 valence electrons. The highest BCUT2D eigenvalue weighted by Crippen LogP contribution is 2.15. The van der Waals surface area contributed by atoms with Crippen molar-refractivity contribution < 1.29 is 29.3 Å². The van der Waals surface area contributed by atoms with Crippen LogP contribution >= 0.6 is 0 Å². The second-order valence-corrected chi connectivity index (χ2v) is 7.15. The zero-order valence-corrected chi connectivity index (χ0v) is 17.6. The Bertz CT molecular complexity index is 1240. The predicted molar refractivity (Wildman–Crippen MR) is 118 cm³/mol. The van der Waals surface area contributed by atoms with Crippen LogP contribution in [-0.4, -0.2) is 51.2 Å². The highest BCUT2D eigenvalue weighted by Gasteiger charge is 2.21. The molecular weight excluding hydrogens is 432 g/mol. The Morgan fingerprint density at radius 1 is 1.12 bits per heavy atom. The van der Waals surface area contributed by atoms with Gasteiger partial charge in [-0.25, -0.2) is 4.79 Å². The number of carboxylic acid groups (broad SMARTS) is 2. The zero-order chi connectivity index (χ0) is 24.0. The minimum atomic E-state index is -1.30. The van der Waals surface area contributed by atoms with Crippen molar-refractivity contribution in [3.63, 3.8) is 0 Å². The molecule has 1 unspecified atom stereocenters. The van der Waals surface area contributed by atoms with Gasteiger partial charge in [0, 0.05) is 24.2 Å². The number of aromatic nitrogens is 2. The molecule has 1 heterocycles. The molecule has 1 aromatic heterocycles. The topological polar surface area (TPSA) is 171 Å². The number of anilines is 1. The van der Waals surface area contributed by atoms with Crippen LogP contribution in [0.3, 0.4) is 0 Å². The van der Waals surface area contributed by atoms with Crippen LogP contribution in [0.4, 0.5) is 5.69 Å². The predicted octanol–water partition coefficient (Wildman–Crippen LogP) is 1.59. The molecule has 33 heavy (non-hydrogen) atoms. The monoisotopic (exact) mass is 454 g/mol. The van der Waals surface area contributed by atoms with E-state index in [1.54, 1.807) is 24.3 Å². The molecule has 0 saturated carbocycles. The number of carbonyl (C=O) groups excluding carboxylic acids is 1. The van der Waals surface area contributed by atoms with Crippen molar-refractivity contribution in [3.8, 4) is 6.01 Å². The van der Waals surface area contributed by atoms with Crippen molar-refractivity contribution in [2.24, 2.45) is 0 Å². The minimum Gasteiger partial charge on any atom is -0.481 e. The molecule has 1 atom stereocenters. The fraction of sp³-hybridized carbons (Fsp3) is 0.227. The maximum atomic E-state index is 12.3. The first kappa shape index (κ1) is 23.3. The summed E-state index contributed by atoms with van der Waals surface area (Å²) in [7, 11) is 1.42. The molecule has 0 saturated heterocycles. The van der Waals surface area contributed by atoms with Gasteiger partial charge in [-0.2, -0.15) is 4.98 Å². The number of nitrogens with zero attached hydrogens (tertiary/aromatic N) is 1. The van der Waals surface area contributed by atoms with E-state index in [0.29, 0.717) is 23.1 Å². The number of benzene rings is 2. The lowest BCUT2D eigenvalue weighted by Crippen LogP contribution is -2.41. The summed E-state index contributed by atoms with van der Waals surface area (Å²) in [6.45, 7) is 0.406. The molecule has 0 radical (unpaired) electrons. The second kappa shape index (κ2) is 10.3. The number of methoxy groups -OCH3 is 1. The highest BCUT2D eigenvalue weighted by atomic mass is 16.5. The summed E-state index contributed by atoms with van der Waals surface area (Å²) >= 11 is 0. The van der Waals surface area contributed by atoms with Crippen LogP contribution in [0.25, 0.3) is 10.9 Å². The lowest BCUT2D eigenvalue weighted by atomic mass is 10.1. The zero-order valence-electron chi connectivity index (χ0n) is 17.6. The van der Waals surface area contributed by atoms with Gasteiger partial charge in [0.25, 0.3) is 17.5 Å². The van der Waals surface area contributed by atoms with Crippen molar-refractivity contribution in [2.45, 2.75) is 25.4 Å². The first-order valence-electron chi connectivity index (χ1n) is 9.93. The molecule has 0 aliphatic rings. The van der Waals surface area contributed by atoms with Crippen molar-refractivity contribution in [1.82, 2.24) is 15.3 Å². The van der Waals surface area contributed by atoms with E-state index in [1.807, 2.05) is 6.07 Å². The maximum Gasteiger partial charge on any atom is 0.326 e. The second-order valence-electron chi connectivity index (χ2n) is 7.15. The molecule has 3 rings (SSSR count). The largest absolute Gasteiger partial charge is 0.481 e. The summed E-state index contributed by atoms with van der Waals surface area (Å²) in [6.07, 6.45) is -0.586. The van der Waals surface area contributed by atoms with E-state index in [0.717, 1.165) is 5.56 Å². The summed E-state index contributed by atoms with van der Waals surface area (Å²) in [5.74, 6) is -3.06. The Kier molecular flexibility index (Phi) is 7.24. The van der Waals surface area contributed by atoms with Gasteiger partial charge in [-0.05, 0) is 48.4 Å². The summed E-state index contributed by atoms with van der Waals surface area (Å²) in [5, 5.41) is 23.8. The molecule has 0 spiro atoms. The van der Waals surface area contributed by atoms with Gasteiger partial charge in [0.15, 0.2) is 0 Å². The summed E-state index contributed by atoms with van der Waals surface area (Å²) < 4.78 is 4.96. The van der Waals surface area contributed by atoms with E-state index in [4.69, 9.17) is 14.9 Å². The average molecular weight is 454 g/mol. The van der Waals surface area contributed by atoms with Gasteiger partial charge in [0.2, 0.25) is 0 Å². The lowest BCUT2D eigenvalue weighted by Gasteiger charge is -2.14. The third-order valence-electron chi connectivity index (χ3n) is 4.84. The number of aromatic amines is 1. The van der Waals surface area contributed by atoms with Crippen molar-refractivity contribution in [1.29, 1.82) is 0 Å². The fourth-order valence-electron chi connectivity index (χ4n) is 3.08. The number of H-pyrrole nitrogens is 1. The quantitative estimate of drug-likeness (QED) is 0.305. The normalized spacial score (nSPS) is 11.5. The number of fused-ring (bicyclic) bond motifs is 1. The standard InChI is InChI=1S/C22H22N4O7/c1-33-22-25-16-7-2-12(10-15(16)20(30)26-22)11-23-14-5-3-13(4-6-14)19(29)24-17(21(31)32)8-9-18(27)28/h2-7,10,17,23H,8-9,11H2,1H3,(H,24,29)(H,27,28)(H,31,32)(H,25,26,30). The number of amides is 1. The van der Waals surface area contributed by atoms with Gasteiger partial charge >= 0.3 is 11.9 Å². The molecule has 0 bridgehead atoms. The van der Waals surface area contributed by atoms with Crippen LogP contribution in [0.15, 0.2) is 47.3 Å². The van der Waals surface area contributed by atoms with Crippen LogP contribution < -0.4 is 20.9 Å². The Morgan fingerprint density at radius 2 is 1.85 bits per heavy atom.